The van der Waals surface area contributed by atoms with Gasteiger partial charge in [0.2, 0.25) is 0 Å². The van der Waals surface area contributed by atoms with Gasteiger partial charge in [-0.05, 0) is 19.3 Å². The first-order valence-corrected chi connectivity index (χ1v) is 17.8. The maximum atomic E-state index is 14.2. The molecule has 0 aliphatic carbocycles. The molecule has 0 saturated carbocycles. The first kappa shape index (κ1) is 49.2. The first-order chi connectivity index (χ1) is 23.3. The van der Waals surface area contributed by atoms with Crippen LogP contribution in [0.4, 0.5) is 59.4 Å². The Morgan fingerprint density at radius 3 is 1.00 bits per heavy atom. The number of carbonyl (C=O) groups is 6. The van der Waals surface area contributed by atoms with Crippen molar-refractivity contribution in [1.82, 2.24) is 14.7 Å². The summed E-state index contributed by atoms with van der Waals surface area (Å²) in [5.41, 5.74) is 0. The molecule has 0 aliphatic rings. The van der Waals surface area contributed by atoms with E-state index in [2.05, 4.69) is 0 Å². The zero-order chi connectivity index (χ0) is 42.7. The lowest BCUT2D eigenvalue weighted by molar-refractivity contribution is -0.168. The Balaban J connectivity index is 7.74. The van der Waals surface area contributed by atoms with Crippen molar-refractivity contribution in [3.63, 3.8) is 0 Å². The van der Waals surface area contributed by atoms with E-state index in [4.69, 9.17) is 0 Å². The summed E-state index contributed by atoms with van der Waals surface area (Å²) in [6.07, 6.45) is -6.41. The van der Waals surface area contributed by atoms with Crippen molar-refractivity contribution in [3.05, 3.63) is 0 Å². The fourth-order valence-electron chi connectivity index (χ4n) is 3.43. The third-order valence-corrected chi connectivity index (χ3v) is 9.10. The molecule has 0 bridgehead atoms. The first-order valence-electron chi connectivity index (χ1n) is 12.3. The fourth-order valence-corrected chi connectivity index (χ4v) is 4.68. The number of rotatable bonds is 18. The molecule has 17 nitrogen and oxygen atoms in total. The Morgan fingerprint density at radius 1 is 0.453 bits per heavy atom. The Morgan fingerprint density at radius 2 is 0.736 bits per heavy atom. The molecule has 0 radical (unpaired) electrons. The van der Waals surface area contributed by atoms with Crippen molar-refractivity contribution in [2.24, 2.45) is 0 Å². The van der Waals surface area contributed by atoms with Gasteiger partial charge in [0, 0.05) is 19.1 Å². The lowest BCUT2D eigenvalue weighted by atomic mass is 10.0. The van der Waals surface area contributed by atoms with Crippen molar-refractivity contribution < 1.29 is 122 Å². The highest BCUT2D eigenvalue weighted by atomic mass is 32.3. The monoisotopic (exact) mass is 891 g/mol. The molecule has 0 heterocycles. The van der Waals surface area contributed by atoms with Crippen LogP contribution >= 0.6 is 0 Å². The topological polar surface area (TPSA) is 249 Å². The van der Waals surface area contributed by atoms with Crippen LogP contribution in [0.3, 0.4) is 0 Å². The second kappa shape index (κ2) is 16.3. The SMILES string of the molecule is O=C(CF)N(CCC(CCCN(C(=O)C(F)(F)S(=O)(=O)F)C(=O)C(F)(F)S(=O)(=O)F)N(C(=O)C(F)(F)S(=O)(=O)F)C(=O)C(F)(F)S(=O)(=O)F)C(=O)CF. The molecule has 6 amide bonds. The van der Waals surface area contributed by atoms with Crippen molar-refractivity contribution in [2.45, 2.75) is 46.3 Å². The van der Waals surface area contributed by atoms with E-state index in [1.165, 1.54) is 0 Å². The predicted octanol–water partition coefficient (Wildman–Crippen LogP) is 0.0983. The normalized spacial score (nSPS) is 14.2. The van der Waals surface area contributed by atoms with Gasteiger partial charge >= 0.3 is 85.5 Å². The van der Waals surface area contributed by atoms with Gasteiger partial charge in [-0.1, -0.05) is 15.5 Å². The number of halogens is 14. The van der Waals surface area contributed by atoms with Crippen LogP contribution in [0.1, 0.15) is 19.3 Å². The van der Waals surface area contributed by atoms with E-state index in [0.29, 0.717) is 0 Å². The number of imide groups is 3. The van der Waals surface area contributed by atoms with Crippen molar-refractivity contribution in [3.8, 4) is 0 Å². The zero-order valence-corrected chi connectivity index (χ0v) is 27.8. The second-order valence-corrected chi connectivity index (χ2v) is 14.9. The Labute approximate surface area is 285 Å². The van der Waals surface area contributed by atoms with Gasteiger partial charge in [0.15, 0.2) is 13.3 Å². The second-order valence-electron chi connectivity index (χ2n) is 9.35. The third-order valence-electron chi connectivity index (χ3n) is 5.95. The summed E-state index contributed by atoms with van der Waals surface area (Å²) in [6.45, 7) is -9.20. The van der Waals surface area contributed by atoms with Crippen LogP contribution in [-0.2, 0) is 69.7 Å². The van der Waals surface area contributed by atoms with Gasteiger partial charge in [0.25, 0.3) is 11.8 Å². The van der Waals surface area contributed by atoms with Gasteiger partial charge in [-0.3, -0.25) is 43.5 Å². The summed E-state index contributed by atoms with van der Waals surface area (Å²) in [5, 5.41) is -27.1. The molecule has 0 aromatic carbocycles. The van der Waals surface area contributed by atoms with Gasteiger partial charge in [-0.2, -0.15) is 68.8 Å². The molecule has 53 heavy (non-hydrogen) atoms. The largest absolute Gasteiger partial charge is 0.451 e. The highest BCUT2D eigenvalue weighted by Crippen LogP contribution is 2.35. The van der Waals surface area contributed by atoms with Crippen molar-refractivity contribution >= 4 is 76.3 Å². The van der Waals surface area contributed by atoms with Gasteiger partial charge in [0.05, 0.1) is 0 Å². The molecule has 308 valence electrons. The molecular weight excluding hydrogens is 876 g/mol. The number of alkyl halides is 10. The van der Waals surface area contributed by atoms with E-state index in [1.807, 2.05) is 0 Å². The number of hydrogen-bond donors (Lipinski definition) is 0. The molecule has 0 fully saturated rings. The van der Waals surface area contributed by atoms with Crippen molar-refractivity contribution in [1.29, 1.82) is 0 Å². The summed E-state index contributed by atoms with van der Waals surface area (Å²) in [4.78, 5) is 67.2. The summed E-state index contributed by atoms with van der Waals surface area (Å²) in [5.74, 6) is -20.9. The summed E-state index contributed by atoms with van der Waals surface area (Å²) in [6, 6.07) is -3.56. The number of carbonyl (C=O) groups excluding carboxylic acids is 6. The molecule has 0 spiro atoms. The van der Waals surface area contributed by atoms with E-state index < -0.39 is 164 Å². The standard InChI is InChI=1S/C18H15F14N3O14S4/c19-6-9(36)33(10(37)7-20)5-3-8(35(13(40)17(25,26)52(31,46)47)14(41)18(27,28)53(32,48)49)2-1-4-34(11(38)15(21,22)50(29,42)43)12(39)16(23,24)51(30,44)45/h8H,1-7H2. The van der Waals surface area contributed by atoms with Crippen molar-refractivity contribution in [2.75, 3.05) is 26.4 Å². The minimum absolute atomic E-state index is 0.688. The van der Waals surface area contributed by atoms with Crippen LogP contribution in [0.2, 0.25) is 0 Å². The molecule has 0 saturated heterocycles. The van der Waals surface area contributed by atoms with E-state index in [-0.39, 0.29) is 0 Å². The van der Waals surface area contributed by atoms with Gasteiger partial charge < -0.3 is 0 Å². The quantitative estimate of drug-likeness (QED) is 0.131. The molecule has 35 heteroatoms. The van der Waals surface area contributed by atoms with Gasteiger partial charge in [0.1, 0.15) is 0 Å². The van der Waals surface area contributed by atoms with E-state index in [1.54, 1.807) is 0 Å². The number of hydrogen-bond acceptors (Lipinski definition) is 14. The summed E-state index contributed by atoms with van der Waals surface area (Å²) in [7, 11) is -31.0. The Hall–Kier alpha value is -3.76. The number of nitrogens with zero attached hydrogens (tertiary/aromatic N) is 3. The smallest absolute Gasteiger partial charge is 0.278 e. The number of amides is 6. The van der Waals surface area contributed by atoms with Crippen LogP contribution in [0.5, 0.6) is 0 Å². The highest BCUT2D eigenvalue weighted by molar-refractivity contribution is 7.89. The predicted molar refractivity (Wildman–Crippen MR) is 135 cm³/mol. The Bertz CT molecular complexity index is 1820. The molecule has 1 atom stereocenters. The molecular formula is C18H15F14N3O14S4. The zero-order valence-electron chi connectivity index (χ0n) is 24.5. The van der Waals surface area contributed by atoms with Gasteiger partial charge in [-0.15, -0.1) is 0 Å². The van der Waals surface area contributed by atoms with E-state index in [0.717, 1.165) is 0 Å². The van der Waals surface area contributed by atoms with Crippen LogP contribution in [0, 0.1) is 0 Å². The average molecular weight is 892 g/mol. The average Bonchev–Trinajstić information content (AvgIpc) is 2.99. The van der Waals surface area contributed by atoms with Crippen LogP contribution in [0.25, 0.3) is 0 Å². The molecule has 0 aromatic heterocycles. The molecule has 0 N–H and O–H groups in total. The molecule has 0 rings (SSSR count). The molecule has 0 aromatic rings. The summed E-state index contributed by atoms with van der Waals surface area (Å²) < 4.78 is 277. The summed E-state index contributed by atoms with van der Waals surface area (Å²) >= 11 is 0. The van der Waals surface area contributed by atoms with Gasteiger partial charge in [-0.25, -0.2) is 8.78 Å². The van der Waals surface area contributed by atoms with Crippen LogP contribution in [0.15, 0.2) is 0 Å². The Kier molecular flexibility index (Phi) is 15.2. The molecule has 1 unspecified atom stereocenters. The lowest BCUT2D eigenvalue weighted by Gasteiger charge is -2.34. The minimum atomic E-state index is -7.81. The van der Waals surface area contributed by atoms with E-state index >= 15 is 0 Å². The van der Waals surface area contributed by atoms with Crippen LogP contribution < -0.4 is 0 Å². The minimum Gasteiger partial charge on any atom is -0.278 e. The maximum Gasteiger partial charge on any atom is 0.451 e. The lowest BCUT2D eigenvalue weighted by Crippen LogP contribution is -2.59. The van der Waals surface area contributed by atoms with E-state index in [9.17, 15) is 122 Å². The van der Waals surface area contributed by atoms with Crippen LogP contribution in [-0.4, -0.2) is 137 Å². The third kappa shape index (κ3) is 10.5. The highest BCUT2D eigenvalue weighted by Gasteiger charge is 2.65. The fraction of sp³-hybridized carbons (Fsp3) is 0.667. The molecule has 0 aliphatic heterocycles. The maximum absolute atomic E-state index is 14.2.